The number of nitrogens with zero attached hydrogens (tertiary/aromatic N) is 1. The lowest BCUT2D eigenvalue weighted by Gasteiger charge is -2.18. The Morgan fingerprint density at radius 2 is 1.54 bits per heavy atom. The number of methoxy groups -OCH3 is 1. The maximum atomic E-state index is 12.3. The molecule has 3 rings (SSSR count). The lowest BCUT2D eigenvalue weighted by Crippen LogP contribution is -2.34. The molecule has 1 aliphatic carbocycles. The average molecular weight is 351 g/mol. The lowest BCUT2D eigenvalue weighted by molar-refractivity contribution is -0.144. The zero-order valence-corrected chi connectivity index (χ0v) is 15.3. The fourth-order valence-electron chi connectivity index (χ4n) is 3.45. The number of aliphatic hydroxyl groups is 1. The van der Waals surface area contributed by atoms with E-state index in [0.29, 0.717) is 6.42 Å². The molecule has 0 amide bonds. The normalized spacial score (nSPS) is 14.3. The number of hydrogen-bond acceptors (Lipinski definition) is 4. The Morgan fingerprint density at radius 1 is 1.00 bits per heavy atom. The average Bonchev–Trinajstić information content (AvgIpc) is 2.99. The largest absolute Gasteiger partial charge is 0.467 e. The summed E-state index contributed by atoms with van der Waals surface area (Å²) < 4.78 is 4.92. The maximum absolute atomic E-state index is 12.3. The number of benzene rings is 2. The van der Waals surface area contributed by atoms with Crippen molar-refractivity contribution in [1.82, 2.24) is 0 Å². The van der Waals surface area contributed by atoms with Crippen molar-refractivity contribution in [2.24, 2.45) is 4.99 Å². The highest BCUT2D eigenvalue weighted by atomic mass is 16.5. The minimum atomic E-state index is -0.911. The fourth-order valence-corrected chi connectivity index (χ4v) is 3.45. The van der Waals surface area contributed by atoms with Crippen molar-refractivity contribution >= 4 is 11.7 Å². The van der Waals surface area contributed by atoms with Crippen LogP contribution in [0.25, 0.3) is 11.1 Å². The van der Waals surface area contributed by atoms with Crippen molar-refractivity contribution in [3.05, 3.63) is 59.7 Å². The van der Waals surface area contributed by atoms with Crippen LogP contribution in [0.15, 0.2) is 53.5 Å². The van der Waals surface area contributed by atoms with Crippen molar-refractivity contribution in [3.63, 3.8) is 0 Å². The van der Waals surface area contributed by atoms with Gasteiger partial charge < -0.3 is 9.84 Å². The number of esters is 1. The number of carbonyl (C=O) groups is 1. The summed E-state index contributed by atoms with van der Waals surface area (Å²) in [5.41, 5.74) is 4.93. The van der Waals surface area contributed by atoms with E-state index in [9.17, 15) is 9.90 Å². The van der Waals surface area contributed by atoms with Crippen molar-refractivity contribution in [2.75, 3.05) is 7.11 Å². The molecular formula is C22H25NO3. The number of fused-ring (bicyclic) bond motifs is 3. The van der Waals surface area contributed by atoms with E-state index in [-0.39, 0.29) is 0 Å². The molecule has 0 aromatic heterocycles. The van der Waals surface area contributed by atoms with Gasteiger partial charge in [-0.25, -0.2) is 4.79 Å². The molecule has 0 heterocycles. The van der Waals surface area contributed by atoms with E-state index >= 15 is 0 Å². The van der Waals surface area contributed by atoms with E-state index in [0.717, 1.165) is 47.2 Å². The SMILES string of the molecule is CCCCCC(O)C(N=C1c2ccccc2-c2ccccc21)C(=O)OC. The number of carbonyl (C=O) groups excluding carboxylic acids is 1. The first-order chi connectivity index (χ1) is 12.7. The molecule has 26 heavy (non-hydrogen) atoms. The predicted molar refractivity (Wildman–Crippen MR) is 103 cm³/mol. The van der Waals surface area contributed by atoms with E-state index in [1.165, 1.54) is 7.11 Å². The Kier molecular flexibility index (Phi) is 5.84. The Balaban J connectivity index is 2.00. The van der Waals surface area contributed by atoms with Crippen LogP contribution in [0.1, 0.15) is 43.7 Å². The fraction of sp³-hybridized carbons (Fsp3) is 0.364. The van der Waals surface area contributed by atoms with Gasteiger partial charge in [0.15, 0.2) is 6.04 Å². The lowest BCUT2D eigenvalue weighted by atomic mass is 10.0. The summed E-state index contributed by atoms with van der Waals surface area (Å²) in [4.78, 5) is 17.0. The van der Waals surface area contributed by atoms with Gasteiger partial charge in [-0.15, -0.1) is 0 Å². The van der Waals surface area contributed by atoms with Gasteiger partial charge in [-0.2, -0.15) is 0 Å². The second-order valence-electron chi connectivity index (χ2n) is 6.60. The van der Waals surface area contributed by atoms with Crippen LogP contribution >= 0.6 is 0 Å². The molecule has 1 aliphatic rings. The van der Waals surface area contributed by atoms with Crippen LogP contribution in [0, 0.1) is 0 Å². The highest BCUT2D eigenvalue weighted by Crippen LogP contribution is 2.37. The number of rotatable bonds is 7. The molecule has 2 aromatic carbocycles. The van der Waals surface area contributed by atoms with E-state index in [4.69, 9.17) is 9.73 Å². The van der Waals surface area contributed by atoms with Gasteiger partial charge in [-0.05, 0) is 17.5 Å². The summed E-state index contributed by atoms with van der Waals surface area (Å²) in [6, 6.07) is 15.1. The number of unbranched alkanes of at least 4 members (excludes halogenated alkanes) is 2. The van der Waals surface area contributed by atoms with E-state index in [1.54, 1.807) is 0 Å². The molecular weight excluding hydrogens is 326 g/mol. The molecule has 1 N–H and O–H groups in total. The summed E-state index contributed by atoms with van der Waals surface area (Å²) in [6.07, 6.45) is 2.64. The summed E-state index contributed by atoms with van der Waals surface area (Å²) in [5.74, 6) is -0.497. The molecule has 0 aliphatic heterocycles. The zero-order chi connectivity index (χ0) is 18.5. The molecule has 2 aromatic rings. The summed E-state index contributed by atoms with van der Waals surface area (Å²) >= 11 is 0. The molecule has 2 atom stereocenters. The van der Waals surface area contributed by atoms with Crippen LogP contribution in [0.5, 0.6) is 0 Å². The van der Waals surface area contributed by atoms with Crippen LogP contribution in [0.3, 0.4) is 0 Å². The van der Waals surface area contributed by atoms with E-state index in [2.05, 4.69) is 19.1 Å². The predicted octanol–water partition coefficient (Wildman–Crippen LogP) is 3.99. The monoisotopic (exact) mass is 351 g/mol. The van der Waals surface area contributed by atoms with Crippen LogP contribution < -0.4 is 0 Å². The Bertz CT molecular complexity index is 765. The van der Waals surface area contributed by atoms with Crippen molar-refractivity contribution in [2.45, 2.75) is 44.8 Å². The first kappa shape index (κ1) is 18.3. The highest BCUT2D eigenvalue weighted by molar-refractivity contribution is 6.24. The van der Waals surface area contributed by atoms with Gasteiger partial charge in [0.2, 0.25) is 0 Å². The Hall–Kier alpha value is -2.46. The number of aliphatic hydroxyl groups excluding tert-OH is 1. The van der Waals surface area contributed by atoms with Crippen molar-refractivity contribution in [1.29, 1.82) is 0 Å². The molecule has 0 radical (unpaired) electrons. The first-order valence-corrected chi connectivity index (χ1v) is 9.20. The Labute approximate surface area is 154 Å². The third kappa shape index (κ3) is 3.56. The second-order valence-corrected chi connectivity index (χ2v) is 6.60. The van der Waals surface area contributed by atoms with Gasteiger partial charge in [0, 0.05) is 11.1 Å². The minimum Gasteiger partial charge on any atom is -0.467 e. The molecule has 136 valence electrons. The van der Waals surface area contributed by atoms with Gasteiger partial charge >= 0.3 is 5.97 Å². The van der Waals surface area contributed by atoms with E-state index in [1.807, 2.05) is 36.4 Å². The molecule has 4 heteroatoms. The highest BCUT2D eigenvalue weighted by Gasteiger charge is 2.31. The summed E-state index contributed by atoms with van der Waals surface area (Å²) in [7, 11) is 1.34. The molecule has 0 saturated heterocycles. The smallest absolute Gasteiger partial charge is 0.333 e. The quantitative estimate of drug-likeness (QED) is 0.517. The topological polar surface area (TPSA) is 58.9 Å². The molecule has 4 nitrogen and oxygen atoms in total. The summed E-state index contributed by atoms with van der Waals surface area (Å²) in [5, 5.41) is 10.6. The molecule has 0 saturated carbocycles. The molecule has 0 spiro atoms. The van der Waals surface area contributed by atoms with Crippen LogP contribution in [-0.2, 0) is 9.53 Å². The van der Waals surface area contributed by atoms with Gasteiger partial charge in [-0.3, -0.25) is 4.99 Å². The molecule has 0 bridgehead atoms. The Morgan fingerprint density at radius 3 is 2.04 bits per heavy atom. The van der Waals surface area contributed by atoms with Gasteiger partial charge in [0.05, 0.1) is 18.9 Å². The maximum Gasteiger partial charge on any atom is 0.333 e. The number of aliphatic imine (C=N–C) groups is 1. The van der Waals surface area contributed by atoms with Gasteiger partial charge in [0.25, 0.3) is 0 Å². The van der Waals surface area contributed by atoms with Gasteiger partial charge in [-0.1, -0.05) is 74.7 Å². The summed E-state index contributed by atoms with van der Waals surface area (Å²) in [6.45, 7) is 2.11. The second kappa shape index (κ2) is 8.28. The number of ether oxygens (including phenoxy) is 1. The third-order valence-corrected chi connectivity index (χ3v) is 4.83. The van der Waals surface area contributed by atoms with Gasteiger partial charge in [0.1, 0.15) is 0 Å². The van der Waals surface area contributed by atoms with Crippen molar-refractivity contribution < 1.29 is 14.6 Å². The third-order valence-electron chi connectivity index (χ3n) is 4.83. The van der Waals surface area contributed by atoms with Crippen LogP contribution in [0.4, 0.5) is 0 Å². The number of hydrogen-bond donors (Lipinski definition) is 1. The molecule has 0 fully saturated rings. The molecule has 2 unspecified atom stereocenters. The van der Waals surface area contributed by atoms with Crippen molar-refractivity contribution in [3.8, 4) is 11.1 Å². The van der Waals surface area contributed by atoms with Crippen LogP contribution in [-0.4, -0.2) is 36.0 Å². The van der Waals surface area contributed by atoms with E-state index < -0.39 is 18.1 Å². The standard InChI is InChI=1S/C22H25NO3/c1-3-4-5-14-19(24)21(22(25)26-2)23-20-17-12-8-6-10-15(17)16-11-7-9-13-18(16)20/h6-13,19,21,24H,3-5,14H2,1-2H3. The first-order valence-electron chi connectivity index (χ1n) is 9.20. The van der Waals surface area contributed by atoms with Crippen LogP contribution in [0.2, 0.25) is 0 Å². The minimum absolute atomic E-state index is 0.497. The zero-order valence-electron chi connectivity index (χ0n) is 15.3.